The fraction of sp³-hybridized carbons (Fsp3) is 0.400. The van der Waals surface area contributed by atoms with Crippen LogP contribution in [0.5, 0.6) is 5.75 Å². The smallest absolute Gasteiger partial charge is 0.190 e. The summed E-state index contributed by atoms with van der Waals surface area (Å²) in [4.78, 5) is 5.59. The molecule has 0 heterocycles. The van der Waals surface area contributed by atoms with E-state index >= 15 is 0 Å². The van der Waals surface area contributed by atoms with Gasteiger partial charge in [0.2, 0.25) is 0 Å². The van der Waals surface area contributed by atoms with Gasteiger partial charge in [-0.15, -0.1) is 4.65 Å². The van der Waals surface area contributed by atoms with Crippen LogP contribution in [0.1, 0.15) is 5.56 Å². The Labute approximate surface area is 73.9 Å². The third-order valence-corrected chi connectivity index (χ3v) is 1.40. The average molecular weight is 166 g/mol. The third kappa shape index (κ3) is 2.93. The summed E-state index contributed by atoms with van der Waals surface area (Å²) in [7, 11) is 5.96. The fourth-order valence-electron chi connectivity index (χ4n) is 0.915. The molecule has 0 saturated heterocycles. The molecule has 1 aromatic carbocycles. The van der Waals surface area contributed by atoms with Gasteiger partial charge in [0, 0.05) is 0 Å². The van der Waals surface area contributed by atoms with E-state index in [9.17, 15) is 0 Å². The van der Waals surface area contributed by atoms with Gasteiger partial charge in [0.05, 0.1) is 0 Å². The maximum atomic E-state index is 5.59. The van der Waals surface area contributed by atoms with Gasteiger partial charge in [-0.3, -0.25) is 0 Å². The molecule has 0 atom stereocenters. The molecule has 0 fully saturated rings. The standard InChI is InChI=1S/C10H16NO/c1-9-5-7-10(8-6-9)12-11(2,3)4/h5-8H,1-4H3/q+1. The summed E-state index contributed by atoms with van der Waals surface area (Å²) in [5.74, 6) is 0.910. The SMILES string of the molecule is Cc1ccc(O[N+](C)(C)C)cc1. The van der Waals surface area contributed by atoms with Crippen molar-refractivity contribution in [3.8, 4) is 5.75 Å². The lowest BCUT2D eigenvalue weighted by molar-refractivity contribution is -1.03. The zero-order valence-electron chi connectivity index (χ0n) is 8.16. The van der Waals surface area contributed by atoms with Crippen molar-refractivity contribution >= 4 is 0 Å². The van der Waals surface area contributed by atoms with E-state index in [1.54, 1.807) is 0 Å². The molecule has 0 aliphatic heterocycles. The number of rotatable bonds is 2. The van der Waals surface area contributed by atoms with Crippen LogP contribution >= 0.6 is 0 Å². The summed E-state index contributed by atoms with van der Waals surface area (Å²) in [6, 6.07) is 8.06. The summed E-state index contributed by atoms with van der Waals surface area (Å²) in [5.41, 5.74) is 1.25. The van der Waals surface area contributed by atoms with Crippen molar-refractivity contribution in [1.29, 1.82) is 0 Å². The number of hydroxylamine groups is 3. The normalized spacial score (nSPS) is 11.3. The molecule has 0 saturated carbocycles. The highest BCUT2D eigenvalue weighted by molar-refractivity contribution is 5.25. The molecule has 0 spiro atoms. The molecule has 0 aliphatic rings. The average Bonchev–Trinajstić information content (AvgIpc) is 1.91. The molecule has 66 valence electrons. The number of quaternary nitrogens is 1. The van der Waals surface area contributed by atoms with Crippen LogP contribution in [0, 0.1) is 6.92 Å². The molecule has 1 aromatic rings. The molecule has 2 heteroatoms. The molecule has 1 rings (SSSR count). The summed E-state index contributed by atoms with van der Waals surface area (Å²) in [6.07, 6.45) is 0. The first kappa shape index (κ1) is 9.07. The van der Waals surface area contributed by atoms with E-state index in [4.69, 9.17) is 4.84 Å². The van der Waals surface area contributed by atoms with Crippen molar-refractivity contribution < 1.29 is 9.48 Å². The van der Waals surface area contributed by atoms with Gasteiger partial charge in [-0.25, -0.2) is 0 Å². The summed E-state index contributed by atoms with van der Waals surface area (Å²) < 4.78 is 0.489. The number of hydrogen-bond acceptors (Lipinski definition) is 1. The molecule has 0 aliphatic carbocycles. The van der Waals surface area contributed by atoms with Crippen molar-refractivity contribution in [1.82, 2.24) is 0 Å². The molecule has 0 unspecified atom stereocenters. The van der Waals surface area contributed by atoms with Crippen molar-refractivity contribution in [2.45, 2.75) is 6.92 Å². The number of aryl methyl sites for hydroxylation is 1. The Morgan fingerprint density at radius 1 is 1.00 bits per heavy atom. The number of nitrogens with zero attached hydrogens (tertiary/aromatic N) is 1. The lowest BCUT2D eigenvalue weighted by atomic mass is 10.2. The van der Waals surface area contributed by atoms with Crippen molar-refractivity contribution in [3.05, 3.63) is 29.8 Å². The minimum absolute atomic E-state index is 0.489. The molecule has 0 amide bonds. The first-order valence-corrected chi connectivity index (χ1v) is 4.05. The van der Waals surface area contributed by atoms with Crippen molar-refractivity contribution in [2.75, 3.05) is 21.1 Å². The zero-order valence-corrected chi connectivity index (χ0v) is 8.16. The zero-order chi connectivity index (χ0) is 9.19. The van der Waals surface area contributed by atoms with Gasteiger partial charge in [-0.05, 0) is 19.1 Å². The predicted molar refractivity (Wildman–Crippen MR) is 49.8 cm³/mol. The molecule has 12 heavy (non-hydrogen) atoms. The molecule has 0 bridgehead atoms. The first-order valence-electron chi connectivity index (χ1n) is 4.05. The topological polar surface area (TPSA) is 9.23 Å². The second-order valence-electron chi connectivity index (χ2n) is 3.79. The summed E-state index contributed by atoms with van der Waals surface area (Å²) >= 11 is 0. The Morgan fingerprint density at radius 2 is 1.50 bits per heavy atom. The second-order valence-corrected chi connectivity index (χ2v) is 3.79. The van der Waals surface area contributed by atoms with E-state index in [2.05, 4.69) is 6.92 Å². The summed E-state index contributed by atoms with van der Waals surface area (Å²) in [5, 5.41) is 0. The van der Waals surface area contributed by atoms with Crippen LogP contribution in [-0.4, -0.2) is 25.8 Å². The predicted octanol–water partition coefficient (Wildman–Crippen LogP) is 2.00. The van der Waals surface area contributed by atoms with Crippen LogP contribution in [0.3, 0.4) is 0 Å². The van der Waals surface area contributed by atoms with Crippen LogP contribution in [0.25, 0.3) is 0 Å². The van der Waals surface area contributed by atoms with Gasteiger partial charge >= 0.3 is 0 Å². The van der Waals surface area contributed by atoms with Crippen LogP contribution < -0.4 is 4.84 Å². The maximum Gasteiger partial charge on any atom is 0.190 e. The fourth-order valence-corrected chi connectivity index (χ4v) is 0.915. The van der Waals surface area contributed by atoms with Gasteiger partial charge < -0.3 is 4.84 Å². The van der Waals surface area contributed by atoms with E-state index in [0.29, 0.717) is 4.65 Å². The van der Waals surface area contributed by atoms with E-state index in [1.165, 1.54) is 5.56 Å². The van der Waals surface area contributed by atoms with Gasteiger partial charge in [0.1, 0.15) is 21.1 Å². The van der Waals surface area contributed by atoms with E-state index in [0.717, 1.165) is 5.75 Å². The minimum atomic E-state index is 0.489. The van der Waals surface area contributed by atoms with Gasteiger partial charge in [-0.2, -0.15) is 0 Å². The maximum absolute atomic E-state index is 5.59. The van der Waals surface area contributed by atoms with Crippen molar-refractivity contribution in [2.24, 2.45) is 0 Å². The van der Waals surface area contributed by atoms with Gasteiger partial charge in [0.25, 0.3) is 0 Å². The van der Waals surface area contributed by atoms with Crippen LogP contribution in [-0.2, 0) is 0 Å². The van der Waals surface area contributed by atoms with E-state index < -0.39 is 0 Å². The largest absolute Gasteiger partial charge is 0.316 e. The molecule has 2 nitrogen and oxygen atoms in total. The Bertz CT molecular complexity index is 246. The lowest BCUT2D eigenvalue weighted by Crippen LogP contribution is -2.37. The highest BCUT2D eigenvalue weighted by atomic mass is 16.7. The molecule has 0 aromatic heterocycles. The number of hydrogen-bond donors (Lipinski definition) is 0. The third-order valence-electron chi connectivity index (χ3n) is 1.40. The molecular weight excluding hydrogens is 150 g/mol. The van der Waals surface area contributed by atoms with E-state index in [1.807, 2.05) is 45.4 Å². The quantitative estimate of drug-likeness (QED) is 0.482. The number of benzene rings is 1. The minimum Gasteiger partial charge on any atom is -0.316 e. The lowest BCUT2D eigenvalue weighted by Gasteiger charge is -2.21. The second kappa shape index (κ2) is 3.15. The van der Waals surface area contributed by atoms with Crippen LogP contribution in [0.2, 0.25) is 0 Å². The van der Waals surface area contributed by atoms with Crippen molar-refractivity contribution in [3.63, 3.8) is 0 Å². The molecule has 0 radical (unpaired) electrons. The Balaban J connectivity index is 2.71. The summed E-state index contributed by atoms with van der Waals surface area (Å²) in [6.45, 7) is 2.07. The Morgan fingerprint density at radius 3 is 1.92 bits per heavy atom. The molecule has 0 N–H and O–H groups in total. The monoisotopic (exact) mass is 166 g/mol. The molecular formula is C10H16NO+. The highest BCUT2D eigenvalue weighted by Crippen LogP contribution is 2.13. The highest BCUT2D eigenvalue weighted by Gasteiger charge is 2.08. The van der Waals surface area contributed by atoms with Crippen LogP contribution in [0.4, 0.5) is 0 Å². The Hall–Kier alpha value is -1.02. The van der Waals surface area contributed by atoms with E-state index in [-0.39, 0.29) is 0 Å². The Kier molecular flexibility index (Phi) is 2.38. The van der Waals surface area contributed by atoms with Gasteiger partial charge in [-0.1, -0.05) is 17.7 Å². The van der Waals surface area contributed by atoms with Crippen LogP contribution in [0.15, 0.2) is 24.3 Å². The van der Waals surface area contributed by atoms with Gasteiger partial charge in [0.15, 0.2) is 5.75 Å². The first-order chi connectivity index (χ1) is 5.47.